The minimum absolute atomic E-state index is 0.206. The van der Waals surface area contributed by atoms with Crippen LogP contribution in [0, 0.1) is 5.92 Å². The Kier molecular flexibility index (Phi) is 3.67. The molecule has 1 N–H and O–H groups in total. The van der Waals surface area contributed by atoms with Crippen LogP contribution in [0.2, 0.25) is 0 Å². The van der Waals surface area contributed by atoms with Crippen LogP contribution in [0.5, 0.6) is 0 Å². The lowest BCUT2D eigenvalue weighted by Gasteiger charge is -2.30. The molecule has 15 heavy (non-hydrogen) atoms. The zero-order valence-corrected chi connectivity index (χ0v) is 9.21. The molecule has 1 heterocycles. The topological polar surface area (TPSA) is 74.7 Å². The SMILES string of the molecule is CS(=O)(=O)N1CCC(C(F)C(=O)O)CC1. The van der Waals surface area contributed by atoms with Crippen molar-refractivity contribution in [3.63, 3.8) is 0 Å². The summed E-state index contributed by atoms with van der Waals surface area (Å²) in [5.41, 5.74) is 0. The van der Waals surface area contributed by atoms with Crippen LogP contribution in [0.15, 0.2) is 0 Å². The molecule has 0 aromatic heterocycles. The monoisotopic (exact) mass is 239 g/mol. The molecule has 0 aliphatic carbocycles. The first kappa shape index (κ1) is 12.4. The standard InChI is InChI=1S/C8H14FNO4S/c1-15(13,14)10-4-2-6(3-5-10)7(9)8(11)12/h6-7H,2-5H2,1H3,(H,11,12). The highest BCUT2D eigenvalue weighted by molar-refractivity contribution is 7.88. The number of carbonyl (C=O) groups is 1. The molecule has 1 rings (SSSR count). The van der Waals surface area contributed by atoms with E-state index >= 15 is 0 Å². The van der Waals surface area contributed by atoms with Crippen LogP contribution in [0.25, 0.3) is 0 Å². The van der Waals surface area contributed by atoms with Gasteiger partial charge in [-0.3, -0.25) is 0 Å². The first-order chi connectivity index (χ1) is 6.82. The van der Waals surface area contributed by atoms with E-state index < -0.39 is 28.1 Å². The highest BCUT2D eigenvalue weighted by atomic mass is 32.2. The molecule has 1 aliphatic rings. The number of sulfonamides is 1. The number of piperidine rings is 1. The van der Waals surface area contributed by atoms with Crippen molar-refractivity contribution in [3.05, 3.63) is 0 Å². The van der Waals surface area contributed by atoms with Crippen molar-refractivity contribution in [1.29, 1.82) is 0 Å². The molecular formula is C8H14FNO4S. The van der Waals surface area contributed by atoms with E-state index in [1.165, 1.54) is 4.31 Å². The fourth-order valence-electron chi connectivity index (χ4n) is 1.70. The highest BCUT2D eigenvalue weighted by Gasteiger charge is 2.33. The lowest BCUT2D eigenvalue weighted by Crippen LogP contribution is -2.41. The Bertz CT molecular complexity index is 335. The summed E-state index contributed by atoms with van der Waals surface area (Å²) in [7, 11) is -3.23. The number of alkyl halides is 1. The normalized spacial score (nSPS) is 22.5. The number of hydrogen-bond donors (Lipinski definition) is 1. The van der Waals surface area contributed by atoms with Gasteiger partial charge in [-0.2, -0.15) is 0 Å². The summed E-state index contributed by atoms with van der Waals surface area (Å²) in [5, 5.41) is 8.45. The number of aliphatic carboxylic acids is 1. The molecule has 88 valence electrons. The van der Waals surface area contributed by atoms with E-state index in [9.17, 15) is 17.6 Å². The van der Waals surface area contributed by atoms with E-state index in [2.05, 4.69) is 0 Å². The van der Waals surface area contributed by atoms with Gasteiger partial charge in [-0.15, -0.1) is 0 Å². The van der Waals surface area contributed by atoms with E-state index in [-0.39, 0.29) is 25.9 Å². The molecule has 0 radical (unpaired) electrons. The third-order valence-electron chi connectivity index (χ3n) is 2.62. The van der Waals surface area contributed by atoms with Gasteiger partial charge in [0.2, 0.25) is 10.0 Å². The van der Waals surface area contributed by atoms with Crippen LogP contribution in [0.4, 0.5) is 4.39 Å². The van der Waals surface area contributed by atoms with Crippen LogP contribution in [0.1, 0.15) is 12.8 Å². The number of carboxylic acids is 1. The van der Waals surface area contributed by atoms with E-state index in [0.29, 0.717) is 0 Å². The van der Waals surface area contributed by atoms with Crippen LogP contribution in [-0.2, 0) is 14.8 Å². The first-order valence-corrected chi connectivity index (χ1v) is 6.49. The summed E-state index contributed by atoms with van der Waals surface area (Å²) in [6.07, 6.45) is -0.259. The molecule has 0 aromatic carbocycles. The van der Waals surface area contributed by atoms with Crippen molar-refractivity contribution >= 4 is 16.0 Å². The summed E-state index contributed by atoms with van der Waals surface area (Å²) < 4.78 is 36.5. The first-order valence-electron chi connectivity index (χ1n) is 4.64. The second-order valence-corrected chi connectivity index (χ2v) is 5.72. The molecular weight excluding hydrogens is 225 g/mol. The number of hydrogen-bond acceptors (Lipinski definition) is 3. The average molecular weight is 239 g/mol. The van der Waals surface area contributed by atoms with Crippen molar-refractivity contribution in [2.45, 2.75) is 19.0 Å². The Balaban J connectivity index is 2.53. The van der Waals surface area contributed by atoms with Gasteiger partial charge in [-0.05, 0) is 12.8 Å². The predicted molar refractivity (Wildman–Crippen MR) is 51.7 cm³/mol. The lowest BCUT2D eigenvalue weighted by atomic mass is 9.93. The molecule has 0 amide bonds. The minimum atomic E-state index is -3.23. The molecule has 1 atom stereocenters. The second kappa shape index (κ2) is 4.44. The van der Waals surface area contributed by atoms with Crippen LogP contribution in [0.3, 0.4) is 0 Å². The number of nitrogens with zero attached hydrogens (tertiary/aromatic N) is 1. The molecule has 7 heteroatoms. The van der Waals surface area contributed by atoms with E-state index in [4.69, 9.17) is 5.11 Å². The van der Waals surface area contributed by atoms with Gasteiger partial charge in [-0.1, -0.05) is 0 Å². The van der Waals surface area contributed by atoms with Crippen LogP contribution in [-0.4, -0.2) is 49.3 Å². The fourth-order valence-corrected chi connectivity index (χ4v) is 2.58. The zero-order chi connectivity index (χ0) is 11.6. The molecule has 0 bridgehead atoms. The molecule has 0 saturated carbocycles. The molecule has 5 nitrogen and oxygen atoms in total. The average Bonchev–Trinajstić information content (AvgIpc) is 2.15. The smallest absolute Gasteiger partial charge is 0.338 e. The molecule has 1 unspecified atom stereocenters. The third kappa shape index (κ3) is 3.13. The van der Waals surface area contributed by atoms with E-state index in [1.54, 1.807) is 0 Å². The fraction of sp³-hybridized carbons (Fsp3) is 0.875. The number of rotatable bonds is 3. The van der Waals surface area contributed by atoms with E-state index in [1.807, 2.05) is 0 Å². The predicted octanol–water partition coefficient (Wildman–Crippen LogP) is 0.0807. The Morgan fingerprint density at radius 3 is 2.27 bits per heavy atom. The van der Waals surface area contributed by atoms with Gasteiger partial charge in [0.15, 0.2) is 6.17 Å². The summed E-state index contributed by atoms with van der Waals surface area (Å²) >= 11 is 0. The second-order valence-electron chi connectivity index (χ2n) is 3.74. The Labute approximate surface area is 87.9 Å². The summed E-state index contributed by atoms with van der Waals surface area (Å²) in [6, 6.07) is 0. The highest BCUT2D eigenvalue weighted by Crippen LogP contribution is 2.24. The van der Waals surface area contributed by atoms with Crippen molar-refractivity contribution in [2.24, 2.45) is 5.92 Å². The molecule has 0 aromatic rings. The third-order valence-corrected chi connectivity index (χ3v) is 3.92. The Morgan fingerprint density at radius 1 is 1.47 bits per heavy atom. The molecule has 1 saturated heterocycles. The quantitative estimate of drug-likeness (QED) is 0.757. The van der Waals surface area contributed by atoms with Crippen LogP contribution >= 0.6 is 0 Å². The van der Waals surface area contributed by atoms with Gasteiger partial charge >= 0.3 is 5.97 Å². The lowest BCUT2D eigenvalue weighted by molar-refractivity contribution is -0.145. The minimum Gasteiger partial charge on any atom is -0.479 e. The molecule has 0 spiro atoms. The Morgan fingerprint density at radius 2 is 1.93 bits per heavy atom. The van der Waals surface area contributed by atoms with Crippen LogP contribution < -0.4 is 0 Å². The van der Waals surface area contributed by atoms with Gasteiger partial charge in [-0.25, -0.2) is 21.9 Å². The number of carboxylic acid groups (broad SMARTS) is 1. The van der Waals surface area contributed by atoms with Crippen molar-refractivity contribution < 1.29 is 22.7 Å². The summed E-state index contributed by atoms with van der Waals surface area (Å²) in [6.45, 7) is 0.411. The van der Waals surface area contributed by atoms with Gasteiger partial charge in [0.1, 0.15) is 0 Å². The molecule has 1 aliphatic heterocycles. The number of halogens is 1. The zero-order valence-electron chi connectivity index (χ0n) is 8.39. The van der Waals surface area contributed by atoms with Gasteiger partial charge in [0, 0.05) is 19.0 Å². The maximum absolute atomic E-state index is 13.1. The summed E-state index contributed by atoms with van der Waals surface area (Å²) in [5.74, 6) is -2.03. The maximum Gasteiger partial charge on any atom is 0.338 e. The van der Waals surface area contributed by atoms with E-state index in [0.717, 1.165) is 6.26 Å². The van der Waals surface area contributed by atoms with Gasteiger partial charge in [0.25, 0.3) is 0 Å². The van der Waals surface area contributed by atoms with Gasteiger partial charge < -0.3 is 5.11 Å². The van der Waals surface area contributed by atoms with Crippen molar-refractivity contribution in [2.75, 3.05) is 19.3 Å². The van der Waals surface area contributed by atoms with Crippen molar-refractivity contribution in [1.82, 2.24) is 4.31 Å². The Hall–Kier alpha value is -0.690. The summed E-state index contributed by atoms with van der Waals surface area (Å²) in [4.78, 5) is 10.4. The van der Waals surface area contributed by atoms with Gasteiger partial charge in [0.05, 0.1) is 6.26 Å². The largest absolute Gasteiger partial charge is 0.479 e. The maximum atomic E-state index is 13.1. The van der Waals surface area contributed by atoms with Crippen molar-refractivity contribution in [3.8, 4) is 0 Å². The molecule has 1 fully saturated rings.